The second-order valence-corrected chi connectivity index (χ2v) is 10.3. The van der Waals surface area contributed by atoms with Gasteiger partial charge in [0.2, 0.25) is 10.0 Å². The molecule has 1 heterocycles. The third kappa shape index (κ3) is 3.61. The van der Waals surface area contributed by atoms with Crippen LogP contribution in [0.15, 0.2) is 45.5 Å². The highest BCUT2D eigenvalue weighted by atomic mass is 35.5. The summed E-state index contributed by atoms with van der Waals surface area (Å²) in [6.45, 7) is 0. The molecule has 0 aliphatic rings. The molecule has 2 rings (SSSR count). The largest absolute Gasteiger partial charge is 0.279 e. The molecule has 10 heteroatoms. The van der Waals surface area contributed by atoms with Gasteiger partial charge in [-0.05, 0) is 36.4 Å². The molecule has 1 aromatic heterocycles. The lowest BCUT2D eigenvalue weighted by molar-refractivity contribution is 0.521. The maximum Gasteiger partial charge on any atom is 0.271 e. The second-order valence-electron chi connectivity index (χ2n) is 4.48. The van der Waals surface area contributed by atoms with Crippen molar-refractivity contribution in [2.24, 2.45) is 0 Å². The normalized spacial score (nSPS) is 12.5. The van der Waals surface area contributed by atoms with Gasteiger partial charge < -0.3 is 0 Å². The highest BCUT2D eigenvalue weighted by Crippen LogP contribution is 2.27. The van der Waals surface area contributed by atoms with E-state index in [1.54, 1.807) is 0 Å². The number of benzene rings is 1. The molecule has 0 spiro atoms. The summed E-state index contributed by atoms with van der Waals surface area (Å²) in [7, 11) is -4.43. The van der Waals surface area contributed by atoms with Crippen LogP contribution in [-0.4, -0.2) is 35.2 Å². The minimum absolute atomic E-state index is 0.0830. The van der Waals surface area contributed by atoms with Crippen molar-refractivity contribution in [3.8, 4) is 0 Å². The number of anilines is 1. The van der Waals surface area contributed by atoms with E-state index in [-0.39, 0.29) is 14.8 Å². The number of nitrogens with one attached hydrogen (secondary N) is 1. The van der Waals surface area contributed by atoms with E-state index in [2.05, 4.69) is 4.72 Å². The summed E-state index contributed by atoms with van der Waals surface area (Å²) < 4.78 is 52.0. The maximum absolute atomic E-state index is 12.1. The molecule has 0 unspecified atom stereocenters. The van der Waals surface area contributed by atoms with Crippen LogP contribution in [0.25, 0.3) is 0 Å². The van der Waals surface area contributed by atoms with Crippen LogP contribution >= 0.6 is 22.9 Å². The van der Waals surface area contributed by atoms with Crippen molar-refractivity contribution >= 4 is 48.7 Å². The quantitative estimate of drug-likeness (QED) is 0.863. The first-order chi connectivity index (χ1) is 10.1. The van der Waals surface area contributed by atoms with E-state index in [1.165, 1.54) is 50.5 Å². The Bertz CT molecular complexity index is 871. The third-order valence-corrected chi connectivity index (χ3v) is 7.63. The molecule has 0 fully saturated rings. The van der Waals surface area contributed by atoms with Crippen molar-refractivity contribution < 1.29 is 16.8 Å². The Labute approximate surface area is 138 Å². The summed E-state index contributed by atoms with van der Waals surface area (Å²) in [5.41, 5.74) is 0.266. The van der Waals surface area contributed by atoms with E-state index in [9.17, 15) is 16.8 Å². The van der Waals surface area contributed by atoms with Gasteiger partial charge in [0, 0.05) is 19.8 Å². The van der Waals surface area contributed by atoms with Crippen molar-refractivity contribution in [2.45, 2.75) is 9.10 Å². The zero-order valence-electron chi connectivity index (χ0n) is 11.6. The summed E-state index contributed by atoms with van der Waals surface area (Å²) in [4.78, 5) is 0.0830. The summed E-state index contributed by atoms with van der Waals surface area (Å²) in [5, 5.41) is 0. The number of halogens is 1. The average molecular weight is 381 g/mol. The van der Waals surface area contributed by atoms with Gasteiger partial charge in [0.25, 0.3) is 10.0 Å². The molecule has 0 aliphatic carbocycles. The van der Waals surface area contributed by atoms with Crippen molar-refractivity contribution in [1.82, 2.24) is 4.31 Å². The summed E-state index contributed by atoms with van der Waals surface area (Å²) >= 11 is 6.66. The smallest absolute Gasteiger partial charge is 0.271 e. The van der Waals surface area contributed by atoms with Gasteiger partial charge in [-0.2, -0.15) is 0 Å². The van der Waals surface area contributed by atoms with Gasteiger partial charge >= 0.3 is 0 Å². The molecule has 0 radical (unpaired) electrons. The average Bonchev–Trinajstić information content (AvgIpc) is 2.86. The van der Waals surface area contributed by atoms with Gasteiger partial charge in [-0.1, -0.05) is 11.6 Å². The highest BCUT2D eigenvalue weighted by molar-refractivity contribution is 7.94. The molecule has 2 aromatic rings. The standard InChI is InChI=1S/C12H13ClN2O4S3/c1-15(2)22(18,19)10-5-3-9(4-6-10)14-21(16,17)12-8-7-11(13)20-12/h3-8,14H,1-2H3. The third-order valence-electron chi connectivity index (χ3n) is 2.70. The molecule has 0 saturated carbocycles. The van der Waals surface area contributed by atoms with E-state index in [0.29, 0.717) is 4.34 Å². The van der Waals surface area contributed by atoms with Crippen LogP contribution in [0.2, 0.25) is 4.34 Å². The predicted octanol–water partition coefficient (Wildman–Crippen LogP) is 2.45. The summed E-state index contributed by atoms with van der Waals surface area (Å²) in [5.74, 6) is 0. The Balaban J connectivity index is 2.26. The topological polar surface area (TPSA) is 83.6 Å². The van der Waals surface area contributed by atoms with Crippen LogP contribution in [0.5, 0.6) is 0 Å². The van der Waals surface area contributed by atoms with Gasteiger partial charge in [-0.3, -0.25) is 4.72 Å². The van der Waals surface area contributed by atoms with Crippen molar-refractivity contribution in [1.29, 1.82) is 0 Å². The first kappa shape index (κ1) is 17.2. The lowest BCUT2D eigenvalue weighted by Gasteiger charge is -2.12. The summed E-state index contributed by atoms with van der Waals surface area (Å²) in [6, 6.07) is 8.36. The van der Waals surface area contributed by atoms with E-state index in [4.69, 9.17) is 11.6 Å². The zero-order chi connectivity index (χ0) is 16.5. The van der Waals surface area contributed by atoms with Gasteiger partial charge in [0.05, 0.1) is 9.23 Å². The Kier molecular flexibility index (Phi) is 4.83. The molecule has 22 heavy (non-hydrogen) atoms. The lowest BCUT2D eigenvalue weighted by Crippen LogP contribution is -2.22. The highest BCUT2D eigenvalue weighted by Gasteiger charge is 2.19. The van der Waals surface area contributed by atoms with Crippen molar-refractivity contribution in [2.75, 3.05) is 18.8 Å². The number of rotatable bonds is 5. The fraction of sp³-hybridized carbons (Fsp3) is 0.167. The van der Waals surface area contributed by atoms with Gasteiger partial charge in [0.15, 0.2) is 0 Å². The number of hydrogen-bond donors (Lipinski definition) is 1. The fourth-order valence-electron chi connectivity index (χ4n) is 1.55. The first-order valence-electron chi connectivity index (χ1n) is 5.94. The van der Waals surface area contributed by atoms with Crippen LogP contribution < -0.4 is 4.72 Å². The lowest BCUT2D eigenvalue weighted by atomic mass is 10.3. The van der Waals surface area contributed by atoms with E-state index in [0.717, 1.165) is 15.6 Å². The molecular formula is C12H13ClN2O4S3. The van der Waals surface area contributed by atoms with Gasteiger partial charge in [-0.25, -0.2) is 21.1 Å². The molecular weight excluding hydrogens is 368 g/mol. The van der Waals surface area contributed by atoms with Crippen LogP contribution in [0.3, 0.4) is 0 Å². The van der Waals surface area contributed by atoms with E-state index in [1.807, 2.05) is 0 Å². The maximum atomic E-state index is 12.1. The number of thiophene rings is 1. The molecule has 0 atom stereocenters. The fourth-order valence-corrected chi connectivity index (χ4v) is 5.00. The molecule has 1 aromatic carbocycles. The van der Waals surface area contributed by atoms with Crippen LogP contribution in [0, 0.1) is 0 Å². The first-order valence-corrected chi connectivity index (χ1v) is 10.1. The van der Waals surface area contributed by atoms with Gasteiger partial charge in [-0.15, -0.1) is 11.3 Å². The molecule has 6 nitrogen and oxygen atoms in total. The van der Waals surface area contributed by atoms with Crippen LogP contribution in [0.4, 0.5) is 5.69 Å². The zero-order valence-corrected chi connectivity index (χ0v) is 14.9. The minimum Gasteiger partial charge on any atom is -0.279 e. The number of nitrogens with zero attached hydrogens (tertiary/aromatic N) is 1. The SMILES string of the molecule is CN(C)S(=O)(=O)c1ccc(NS(=O)(=O)c2ccc(Cl)s2)cc1. The second kappa shape index (κ2) is 6.17. The van der Waals surface area contributed by atoms with Crippen LogP contribution in [-0.2, 0) is 20.0 Å². The summed E-state index contributed by atoms with van der Waals surface area (Å²) in [6.07, 6.45) is 0. The monoisotopic (exact) mass is 380 g/mol. The van der Waals surface area contributed by atoms with E-state index >= 15 is 0 Å². The Hall–Kier alpha value is -1.13. The molecule has 1 N–H and O–H groups in total. The number of hydrogen-bond acceptors (Lipinski definition) is 5. The molecule has 0 amide bonds. The van der Waals surface area contributed by atoms with E-state index < -0.39 is 20.0 Å². The minimum atomic E-state index is -3.73. The van der Waals surface area contributed by atoms with Gasteiger partial charge in [0.1, 0.15) is 4.21 Å². The van der Waals surface area contributed by atoms with Crippen LogP contribution in [0.1, 0.15) is 0 Å². The Morgan fingerprint density at radius 3 is 2.05 bits per heavy atom. The molecule has 0 saturated heterocycles. The van der Waals surface area contributed by atoms with Crippen molar-refractivity contribution in [3.63, 3.8) is 0 Å². The Morgan fingerprint density at radius 2 is 1.59 bits per heavy atom. The molecule has 0 aliphatic heterocycles. The molecule has 0 bridgehead atoms. The Morgan fingerprint density at radius 1 is 1.00 bits per heavy atom. The number of sulfonamides is 2. The molecule has 120 valence electrons. The van der Waals surface area contributed by atoms with Crippen molar-refractivity contribution in [3.05, 3.63) is 40.7 Å². The predicted molar refractivity (Wildman–Crippen MR) is 87.5 cm³/mol.